The Kier molecular flexibility index (Phi) is 5.77. The maximum absolute atomic E-state index is 11.9. The van der Waals surface area contributed by atoms with Crippen LogP contribution in [0, 0.1) is 0 Å². The van der Waals surface area contributed by atoms with Crippen LogP contribution in [-0.4, -0.2) is 71.3 Å². The van der Waals surface area contributed by atoms with E-state index in [2.05, 4.69) is 23.6 Å². The molecule has 1 heterocycles. The molecule has 0 aromatic carbocycles. The van der Waals surface area contributed by atoms with E-state index in [9.17, 15) is 4.79 Å². The van der Waals surface area contributed by atoms with Crippen LogP contribution >= 0.6 is 0 Å². The average molecular weight is 272 g/mol. The lowest BCUT2D eigenvalue weighted by molar-refractivity contribution is -0.158. The van der Waals surface area contributed by atoms with Gasteiger partial charge < -0.3 is 9.84 Å². The van der Waals surface area contributed by atoms with Crippen LogP contribution in [0.3, 0.4) is 0 Å². The molecule has 19 heavy (non-hydrogen) atoms. The van der Waals surface area contributed by atoms with Gasteiger partial charge in [0.15, 0.2) is 0 Å². The topological polar surface area (TPSA) is 53.0 Å². The van der Waals surface area contributed by atoms with E-state index >= 15 is 0 Å². The van der Waals surface area contributed by atoms with Gasteiger partial charge in [-0.05, 0) is 34.6 Å². The normalized spacial score (nSPS) is 26.4. The van der Waals surface area contributed by atoms with Crippen molar-refractivity contribution in [3.63, 3.8) is 0 Å². The first-order valence-electron chi connectivity index (χ1n) is 7.03. The Morgan fingerprint density at radius 1 is 1.26 bits per heavy atom. The predicted octanol–water partition coefficient (Wildman–Crippen LogP) is 0.715. The van der Waals surface area contributed by atoms with Gasteiger partial charge in [-0.15, -0.1) is 0 Å². The smallest absolute Gasteiger partial charge is 0.320 e. The number of hydrogen-bond donors (Lipinski definition) is 1. The lowest BCUT2D eigenvalue weighted by atomic mass is 10.1. The molecule has 0 unspecified atom stereocenters. The van der Waals surface area contributed by atoms with Crippen LogP contribution < -0.4 is 0 Å². The summed E-state index contributed by atoms with van der Waals surface area (Å²) in [4.78, 5) is 16.3. The number of rotatable bonds is 4. The Hall–Kier alpha value is -0.650. The van der Waals surface area contributed by atoms with Crippen LogP contribution in [0.5, 0.6) is 0 Å². The summed E-state index contributed by atoms with van der Waals surface area (Å²) in [5.74, 6) is -0.165. The van der Waals surface area contributed by atoms with Gasteiger partial charge in [-0.1, -0.05) is 0 Å². The maximum atomic E-state index is 11.9. The molecule has 1 N–H and O–H groups in total. The molecule has 2 atom stereocenters. The van der Waals surface area contributed by atoms with Gasteiger partial charge in [-0.25, -0.2) is 0 Å². The third-order valence-corrected chi connectivity index (χ3v) is 3.33. The molecule has 0 aromatic rings. The molecule has 1 saturated heterocycles. The van der Waals surface area contributed by atoms with Crippen LogP contribution in [0.1, 0.15) is 34.6 Å². The second kappa shape index (κ2) is 6.68. The number of carbonyl (C=O) groups excluding carboxylic acids is 1. The maximum Gasteiger partial charge on any atom is 0.320 e. The summed E-state index contributed by atoms with van der Waals surface area (Å²) >= 11 is 0. The molecule has 1 aliphatic heterocycles. The van der Waals surface area contributed by atoms with Crippen molar-refractivity contribution in [1.82, 2.24) is 9.80 Å². The van der Waals surface area contributed by atoms with Crippen molar-refractivity contribution < 1.29 is 14.6 Å². The first-order valence-corrected chi connectivity index (χ1v) is 7.03. The molecule has 1 aliphatic rings. The molecule has 0 saturated carbocycles. The highest BCUT2D eigenvalue weighted by molar-refractivity contribution is 5.72. The van der Waals surface area contributed by atoms with E-state index in [1.807, 2.05) is 20.8 Å². The van der Waals surface area contributed by atoms with Gasteiger partial charge in [0.1, 0.15) is 5.60 Å². The second-order valence-corrected chi connectivity index (χ2v) is 6.44. The zero-order valence-corrected chi connectivity index (χ0v) is 12.8. The van der Waals surface area contributed by atoms with E-state index in [-0.39, 0.29) is 12.6 Å². The van der Waals surface area contributed by atoms with Gasteiger partial charge in [0.2, 0.25) is 0 Å². The van der Waals surface area contributed by atoms with E-state index < -0.39 is 5.60 Å². The van der Waals surface area contributed by atoms with E-state index in [4.69, 9.17) is 9.84 Å². The van der Waals surface area contributed by atoms with Crippen LogP contribution in [0.4, 0.5) is 0 Å². The first kappa shape index (κ1) is 16.4. The van der Waals surface area contributed by atoms with Gasteiger partial charge in [-0.2, -0.15) is 0 Å². The second-order valence-electron chi connectivity index (χ2n) is 6.44. The number of nitrogens with zero attached hydrogens (tertiary/aromatic N) is 2. The first-order chi connectivity index (χ1) is 8.73. The summed E-state index contributed by atoms with van der Waals surface area (Å²) < 4.78 is 5.38. The minimum Gasteiger partial charge on any atom is -0.459 e. The van der Waals surface area contributed by atoms with Crippen molar-refractivity contribution in [1.29, 1.82) is 0 Å². The summed E-state index contributed by atoms with van der Waals surface area (Å²) in [5, 5.41) is 9.00. The zero-order chi connectivity index (χ0) is 14.6. The van der Waals surface area contributed by atoms with Gasteiger partial charge in [0, 0.05) is 31.7 Å². The molecule has 112 valence electrons. The molecule has 0 amide bonds. The van der Waals surface area contributed by atoms with Crippen LogP contribution in [0.25, 0.3) is 0 Å². The standard InChI is InChI=1S/C14H28N2O3/c1-11-8-15(6-7-17)9-12(2)16(11)10-13(18)19-14(3,4)5/h11-12,17H,6-10H2,1-5H3/t11-,12+. The average Bonchev–Trinajstić information content (AvgIpc) is 2.21. The number of aliphatic hydroxyl groups excluding tert-OH is 1. The van der Waals surface area contributed by atoms with Gasteiger partial charge in [0.25, 0.3) is 0 Å². The summed E-state index contributed by atoms with van der Waals surface area (Å²) in [6, 6.07) is 0.589. The number of ether oxygens (including phenoxy) is 1. The third kappa shape index (κ3) is 5.47. The van der Waals surface area contributed by atoms with Crippen molar-refractivity contribution in [3.8, 4) is 0 Å². The van der Waals surface area contributed by atoms with Crippen LogP contribution in [-0.2, 0) is 9.53 Å². The monoisotopic (exact) mass is 272 g/mol. The molecule has 0 aromatic heterocycles. The van der Waals surface area contributed by atoms with Crippen molar-refractivity contribution in [3.05, 3.63) is 0 Å². The van der Waals surface area contributed by atoms with E-state index in [0.717, 1.165) is 13.1 Å². The van der Waals surface area contributed by atoms with E-state index in [0.29, 0.717) is 25.2 Å². The van der Waals surface area contributed by atoms with Crippen molar-refractivity contribution in [2.75, 3.05) is 32.8 Å². The van der Waals surface area contributed by atoms with Crippen molar-refractivity contribution in [2.45, 2.75) is 52.3 Å². The quantitative estimate of drug-likeness (QED) is 0.764. The summed E-state index contributed by atoms with van der Waals surface area (Å²) in [7, 11) is 0. The molecule has 0 aliphatic carbocycles. The molecular weight excluding hydrogens is 244 g/mol. The highest BCUT2D eigenvalue weighted by Gasteiger charge is 2.31. The van der Waals surface area contributed by atoms with Crippen molar-refractivity contribution >= 4 is 5.97 Å². The number of piperazine rings is 1. The summed E-state index contributed by atoms with van der Waals surface area (Å²) in [6.07, 6.45) is 0. The highest BCUT2D eigenvalue weighted by Crippen LogP contribution is 2.16. The molecule has 0 bridgehead atoms. The zero-order valence-electron chi connectivity index (χ0n) is 12.8. The SMILES string of the molecule is C[C@@H]1CN(CCO)C[C@H](C)N1CC(=O)OC(C)(C)C. The number of esters is 1. The Morgan fingerprint density at radius 3 is 2.21 bits per heavy atom. The minimum atomic E-state index is -0.428. The fourth-order valence-electron chi connectivity index (χ4n) is 2.62. The predicted molar refractivity (Wildman–Crippen MR) is 75.0 cm³/mol. The fraction of sp³-hybridized carbons (Fsp3) is 0.929. The minimum absolute atomic E-state index is 0.165. The highest BCUT2D eigenvalue weighted by atomic mass is 16.6. The van der Waals surface area contributed by atoms with Gasteiger partial charge >= 0.3 is 5.97 Å². The molecule has 1 fully saturated rings. The Morgan fingerprint density at radius 2 is 1.79 bits per heavy atom. The lowest BCUT2D eigenvalue weighted by Crippen LogP contribution is -2.58. The van der Waals surface area contributed by atoms with Gasteiger partial charge in [0.05, 0.1) is 13.2 Å². The molecule has 1 rings (SSSR count). The molecule has 0 spiro atoms. The number of aliphatic hydroxyl groups is 1. The Balaban J connectivity index is 2.52. The summed E-state index contributed by atoms with van der Waals surface area (Å²) in [6.45, 7) is 12.9. The lowest BCUT2D eigenvalue weighted by Gasteiger charge is -2.44. The Labute approximate surface area is 116 Å². The number of carbonyl (C=O) groups is 1. The number of β-amino-alcohol motifs (C(OH)–C–C–N with tert-alkyl or cyclic N) is 1. The Bertz CT molecular complexity index is 290. The van der Waals surface area contributed by atoms with Gasteiger partial charge in [-0.3, -0.25) is 14.6 Å². The van der Waals surface area contributed by atoms with E-state index in [1.165, 1.54) is 0 Å². The van der Waals surface area contributed by atoms with E-state index in [1.54, 1.807) is 0 Å². The third-order valence-electron chi connectivity index (χ3n) is 3.33. The number of hydrogen-bond acceptors (Lipinski definition) is 5. The molecule has 5 heteroatoms. The molecular formula is C14H28N2O3. The molecule has 5 nitrogen and oxygen atoms in total. The fourth-order valence-corrected chi connectivity index (χ4v) is 2.62. The largest absolute Gasteiger partial charge is 0.459 e. The van der Waals surface area contributed by atoms with Crippen LogP contribution in [0.15, 0.2) is 0 Å². The molecule has 0 radical (unpaired) electrons. The van der Waals surface area contributed by atoms with Crippen molar-refractivity contribution in [2.24, 2.45) is 0 Å². The van der Waals surface area contributed by atoms with Crippen LogP contribution in [0.2, 0.25) is 0 Å². The summed E-state index contributed by atoms with van der Waals surface area (Å²) in [5.41, 5.74) is -0.428.